The summed E-state index contributed by atoms with van der Waals surface area (Å²) >= 11 is 8.51. The topological polar surface area (TPSA) is 26.0 Å². The van der Waals surface area contributed by atoms with E-state index in [4.69, 9.17) is 17.3 Å². The number of halogens is 7. The molecule has 17 heavy (non-hydrogen) atoms. The van der Waals surface area contributed by atoms with E-state index in [1.165, 1.54) is 6.07 Å². The van der Waals surface area contributed by atoms with E-state index in [0.29, 0.717) is 0 Å². The first-order chi connectivity index (χ1) is 7.57. The van der Waals surface area contributed by atoms with Crippen LogP contribution in [0.15, 0.2) is 22.7 Å². The molecule has 8 heteroatoms. The SMILES string of the molecule is N[C@H](c1ccc(Cl)c(Br)c1)C(F)(F)C(F)(F)F. The highest BCUT2D eigenvalue weighted by atomic mass is 79.9. The molecule has 0 aliphatic rings. The second-order valence-corrected chi connectivity index (χ2v) is 4.53. The molecule has 2 N–H and O–H groups in total. The monoisotopic (exact) mass is 337 g/mol. The summed E-state index contributed by atoms with van der Waals surface area (Å²) in [5.74, 6) is -5.00. The van der Waals surface area contributed by atoms with Crippen molar-refractivity contribution in [2.45, 2.75) is 18.1 Å². The Morgan fingerprint density at radius 3 is 2.12 bits per heavy atom. The first kappa shape index (κ1) is 14.7. The summed E-state index contributed by atoms with van der Waals surface area (Å²) in [7, 11) is 0. The minimum atomic E-state index is -5.70. The predicted molar refractivity (Wildman–Crippen MR) is 57.1 cm³/mol. The lowest BCUT2D eigenvalue weighted by Gasteiger charge is -2.26. The average molecular weight is 339 g/mol. The van der Waals surface area contributed by atoms with E-state index in [2.05, 4.69) is 15.9 Å². The van der Waals surface area contributed by atoms with Gasteiger partial charge in [0.2, 0.25) is 0 Å². The molecule has 0 aromatic heterocycles. The van der Waals surface area contributed by atoms with E-state index in [1.807, 2.05) is 0 Å². The largest absolute Gasteiger partial charge is 0.455 e. The van der Waals surface area contributed by atoms with Crippen molar-refractivity contribution in [2.24, 2.45) is 5.73 Å². The summed E-state index contributed by atoms with van der Waals surface area (Å²) in [5.41, 5.74) is 4.59. The highest BCUT2D eigenvalue weighted by Gasteiger charge is 2.61. The molecule has 0 aliphatic heterocycles. The molecule has 0 spiro atoms. The molecular formula is C9H6BrClF5N. The summed E-state index contributed by atoms with van der Waals surface area (Å²) in [6.45, 7) is 0. The Labute approximate surface area is 107 Å². The smallest absolute Gasteiger partial charge is 0.319 e. The van der Waals surface area contributed by atoms with Gasteiger partial charge in [0.05, 0.1) is 5.02 Å². The van der Waals surface area contributed by atoms with Gasteiger partial charge in [0.25, 0.3) is 0 Å². The molecule has 1 rings (SSSR count). The van der Waals surface area contributed by atoms with E-state index in [1.54, 1.807) is 0 Å². The first-order valence-corrected chi connectivity index (χ1v) is 5.39. The molecule has 0 heterocycles. The normalized spacial score (nSPS) is 14.8. The Morgan fingerprint density at radius 1 is 1.18 bits per heavy atom. The van der Waals surface area contributed by atoms with Gasteiger partial charge >= 0.3 is 12.1 Å². The van der Waals surface area contributed by atoms with Crippen molar-refractivity contribution in [1.82, 2.24) is 0 Å². The van der Waals surface area contributed by atoms with Crippen molar-refractivity contribution >= 4 is 27.5 Å². The Morgan fingerprint density at radius 2 is 1.71 bits per heavy atom. The molecule has 1 nitrogen and oxygen atoms in total. The number of hydrogen-bond donors (Lipinski definition) is 1. The van der Waals surface area contributed by atoms with Gasteiger partial charge in [-0.1, -0.05) is 17.7 Å². The maximum atomic E-state index is 12.9. The van der Waals surface area contributed by atoms with Gasteiger partial charge < -0.3 is 5.73 Å². The lowest BCUT2D eigenvalue weighted by molar-refractivity contribution is -0.291. The van der Waals surface area contributed by atoms with E-state index in [9.17, 15) is 22.0 Å². The van der Waals surface area contributed by atoms with Crippen molar-refractivity contribution in [3.8, 4) is 0 Å². The lowest BCUT2D eigenvalue weighted by Crippen LogP contribution is -2.45. The summed E-state index contributed by atoms with van der Waals surface area (Å²) in [5, 5.41) is 0.191. The van der Waals surface area contributed by atoms with Crippen molar-refractivity contribution in [3.63, 3.8) is 0 Å². The molecule has 0 fully saturated rings. The quantitative estimate of drug-likeness (QED) is 0.800. The number of rotatable bonds is 2. The zero-order valence-electron chi connectivity index (χ0n) is 8.03. The molecule has 1 aromatic carbocycles. The fourth-order valence-corrected chi connectivity index (χ4v) is 1.61. The van der Waals surface area contributed by atoms with E-state index >= 15 is 0 Å². The first-order valence-electron chi connectivity index (χ1n) is 4.22. The molecule has 0 radical (unpaired) electrons. The molecule has 0 unspecified atom stereocenters. The highest BCUT2D eigenvalue weighted by molar-refractivity contribution is 9.10. The Hall–Kier alpha value is -0.400. The maximum Gasteiger partial charge on any atom is 0.455 e. The van der Waals surface area contributed by atoms with Crippen LogP contribution in [0.1, 0.15) is 11.6 Å². The van der Waals surface area contributed by atoms with Crippen LogP contribution >= 0.6 is 27.5 Å². The van der Waals surface area contributed by atoms with Gasteiger partial charge in [0.1, 0.15) is 6.04 Å². The molecule has 1 aromatic rings. The minimum Gasteiger partial charge on any atom is -0.319 e. The summed E-state index contributed by atoms with van der Waals surface area (Å²) in [6, 6.07) is 0.772. The Balaban J connectivity index is 3.12. The molecular weight excluding hydrogens is 332 g/mol. The van der Waals surface area contributed by atoms with Crippen LogP contribution < -0.4 is 5.73 Å². The third-order valence-electron chi connectivity index (χ3n) is 2.07. The van der Waals surface area contributed by atoms with Crippen molar-refractivity contribution in [3.05, 3.63) is 33.3 Å². The molecule has 0 saturated carbocycles. The maximum absolute atomic E-state index is 12.9. The molecule has 96 valence electrons. The van der Waals surface area contributed by atoms with Crippen LogP contribution in [0, 0.1) is 0 Å². The fraction of sp³-hybridized carbons (Fsp3) is 0.333. The third kappa shape index (κ3) is 2.89. The highest BCUT2D eigenvalue weighted by Crippen LogP contribution is 2.43. The number of nitrogens with two attached hydrogens (primary N) is 1. The third-order valence-corrected chi connectivity index (χ3v) is 3.29. The number of hydrogen-bond acceptors (Lipinski definition) is 1. The van der Waals surface area contributed by atoms with Crippen LogP contribution in [-0.2, 0) is 0 Å². The molecule has 0 bridgehead atoms. The van der Waals surface area contributed by atoms with Crippen molar-refractivity contribution in [1.29, 1.82) is 0 Å². The Bertz CT molecular complexity index is 420. The van der Waals surface area contributed by atoms with E-state index < -0.39 is 18.1 Å². The lowest BCUT2D eigenvalue weighted by atomic mass is 10.0. The van der Waals surface area contributed by atoms with E-state index in [-0.39, 0.29) is 15.1 Å². The average Bonchev–Trinajstić information content (AvgIpc) is 2.19. The molecule has 0 saturated heterocycles. The van der Waals surface area contributed by atoms with Gasteiger partial charge in [0, 0.05) is 4.47 Å². The standard InChI is InChI=1S/C9H6BrClF5N/c10-5-3-4(1-2-6(5)11)7(17)8(12,13)9(14,15)16/h1-3,7H,17H2/t7-/m1/s1. The summed E-state index contributed by atoms with van der Waals surface area (Å²) in [6.07, 6.45) is -5.70. The van der Waals surface area contributed by atoms with Gasteiger partial charge in [-0.25, -0.2) is 0 Å². The minimum absolute atomic E-state index is 0.191. The van der Waals surface area contributed by atoms with Crippen LogP contribution in [0.5, 0.6) is 0 Å². The Kier molecular flexibility index (Phi) is 4.05. The van der Waals surface area contributed by atoms with Crippen LogP contribution in [0.4, 0.5) is 22.0 Å². The van der Waals surface area contributed by atoms with Gasteiger partial charge in [-0.3, -0.25) is 0 Å². The van der Waals surface area contributed by atoms with Crippen LogP contribution in [0.25, 0.3) is 0 Å². The molecule has 0 aliphatic carbocycles. The second kappa shape index (κ2) is 4.70. The zero-order chi connectivity index (χ0) is 13.4. The molecule has 0 amide bonds. The van der Waals surface area contributed by atoms with Crippen molar-refractivity contribution in [2.75, 3.05) is 0 Å². The van der Waals surface area contributed by atoms with Crippen LogP contribution in [-0.4, -0.2) is 12.1 Å². The summed E-state index contributed by atoms with van der Waals surface area (Å²) in [4.78, 5) is 0. The van der Waals surface area contributed by atoms with Gasteiger partial charge in [0.15, 0.2) is 0 Å². The molecule has 1 atom stereocenters. The van der Waals surface area contributed by atoms with Gasteiger partial charge in [-0.05, 0) is 33.6 Å². The van der Waals surface area contributed by atoms with Crippen LogP contribution in [0.2, 0.25) is 5.02 Å². The fourth-order valence-electron chi connectivity index (χ4n) is 1.09. The number of alkyl halides is 5. The predicted octanol–water partition coefficient (Wildman–Crippen LogP) is 4.30. The van der Waals surface area contributed by atoms with Crippen LogP contribution in [0.3, 0.4) is 0 Å². The number of benzene rings is 1. The summed E-state index contributed by atoms with van der Waals surface area (Å²) < 4.78 is 62.3. The van der Waals surface area contributed by atoms with Gasteiger partial charge in [-0.15, -0.1) is 0 Å². The van der Waals surface area contributed by atoms with Gasteiger partial charge in [-0.2, -0.15) is 22.0 Å². The zero-order valence-corrected chi connectivity index (χ0v) is 10.4. The second-order valence-electron chi connectivity index (χ2n) is 3.27. The van der Waals surface area contributed by atoms with E-state index in [0.717, 1.165) is 12.1 Å². The van der Waals surface area contributed by atoms with Crippen molar-refractivity contribution < 1.29 is 22.0 Å².